The van der Waals surface area contributed by atoms with Crippen LogP contribution in [0.4, 0.5) is 0 Å². The van der Waals surface area contributed by atoms with Gasteiger partial charge in [0, 0.05) is 18.9 Å². The van der Waals surface area contributed by atoms with Crippen molar-refractivity contribution in [1.29, 1.82) is 0 Å². The standard InChI is InChI=1S/C10H13N5O3/c11-9(14-17)8-6-15(3-4-18-8)10(16)7-5-12-1-2-13-7/h1-2,5,8,17H,3-4,6H2,(H2,11,14). The Morgan fingerprint density at radius 3 is 3.11 bits per heavy atom. The molecule has 0 saturated carbocycles. The van der Waals surface area contributed by atoms with Gasteiger partial charge in [0.1, 0.15) is 11.8 Å². The van der Waals surface area contributed by atoms with Crippen molar-refractivity contribution in [3.05, 3.63) is 24.3 Å². The van der Waals surface area contributed by atoms with E-state index >= 15 is 0 Å². The van der Waals surface area contributed by atoms with Gasteiger partial charge in [-0.2, -0.15) is 0 Å². The van der Waals surface area contributed by atoms with Crippen LogP contribution in [0.3, 0.4) is 0 Å². The molecule has 1 aromatic heterocycles. The van der Waals surface area contributed by atoms with Crippen molar-refractivity contribution in [2.45, 2.75) is 6.10 Å². The Labute approximate surface area is 103 Å². The van der Waals surface area contributed by atoms with E-state index in [1.807, 2.05) is 0 Å². The maximum atomic E-state index is 12.1. The lowest BCUT2D eigenvalue weighted by molar-refractivity contribution is 0.00645. The SMILES string of the molecule is NC(=NO)C1CN(C(=O)c2cnccn2)CCO1. The molecular formula is C10H13N5O3. The van der Waals surface area contributed by atoms with Crippen molar-refractivity contribution in [1.82, 2.24) is 14.9 Å². The van der Waals surface area contributed by atoms with Gasteiger partial charge in [0.15, 0.2) is 5.84 Å². The number of amides is 1. The zero-order valence-corrected chi connectivity index (χ0v) is 9.56. The molecule has 2 heterocycles. The van der Waals surface area contributed by atoms with Gasteiger partial charge < -0.3 is 20.6 Å². The molecule has 3 N–H and O–H groups in total. The highest BCUT2D eigenvalue weighted by Gasteiger charge is 2.28. The highest BCUT2D eigenvalue weighted by Crippen LogP contribution is 2.08. The Morgan fingerprint density at radius 1 is 1.61 bits per heavy atom. The second-order valence-electron chi connectivity index (χ2n) is 3.73. The monoisotopic (exact) mass is 251 g/mol. The molecule has 0 radical (unpaired) electrons. The summed E-state index contributed by atoms with van der Waals surface area (Å²) in [6.07, 6.45) is 3.75. The summed E-state index contributed by atoms with van der Waals surface area (Å²) in [6, 6.07) is 0. The number of hydrogen-bond donors (Lipinski definition) is 2. The van der Waals surface area contributed by atoms with E-state index in [9.17, 15) is 4.79 Å². The van der Waals surface area contributed by atoms with Crippen LogP contribution in [0.2, 0.25) is 0 Å². The quantitative estimate of drug-likeness (QED) is 0.303. The minimum atomic E-state index is -0.593. The highest BCUT2D eigenvalue weighted by atomic mass is 16.5. The number of nitrogens with two attached hydrogens (primary N) is 1. The zero-order chi connectivity index (χ0) is 13.0. The first-order chi connectivity index (χ1) is 8.72. The van der Waals surface area contributed by atoms with E-state index in [1.54, 1.807) is 0 Å². The number of rotatable bonds is 2. The number of oxime groups is 1. The summed E-state index contributed by atoms with van der Waals surface area (Å²) in [7, 11) is 0. The third-order valence-electron chi connectivity index (χ3n) is 2.58. The van der Waals surface area contributed by atoms with Crippen molar-refractivity contribution in [2.24, 2.45) is 10.9 Å². The molecule has 1 aliphatic rings. The Hall–Kier alpha value is -2.22. The fourth-order valence-corrected chi connectivity index (χ4v) is 1.65. The molecule has 0 spiro atoms. The van der Waals surface area contributed by atoms with Gasteiger partial charge in [0.05, 0.1) is 19.3 Å². The number of hydrogen-bond acceptors (Lipinski definition) is 6. The average Bonchev–Trinajstić information content (AvgIpc) is 2.46. The van der Waals surface area contributed by atoms with E-state index in [4.69, 9.17) is 15.7 Å². The van der Waals surface area contributed by atoms with Gasteiger partial charge in [-0.25, -0.2) is 4.98 Å². The van der Waals surface area contributed by atoms with E-state index in [1.165, 1.54) is 23.5 Å². The summed E-state index contributed by atoms with van der Waals surface area (Å²) in [5.74, 6) is -0.297. The van der Waals surface area contributed by atoms with Gasteiger partial charge in [0.25, 0.3) is 5.91 Å². The van der Waals surface area contributed by atoms with Crippen LogP contribution in [0.25, 0.3) is 0 Å². The zero-order valence-electron chi connectivity index (χ0n) is 9.56. The number of ether oxygens (including phenoxy) is 1. The van der Waals surface area contributed by atoms with Crippen molar-refractivity contribution in [2.75, 3.05) is 19.7 Å². The van der Waals surface area contributed by atoms with Crippen molar-refractivity contribution in [3.8, 4) is 0 Å². The Morgan fingerprint density at radius 2 is 2.44 bits per heavy atom. The Balaban J connectivity index is 2.08. The number of carbonyl (C=O) groups excluding carboxylic acids is 1. The third-order valence-corrected chi connectivity index (χ3v) is 2.58. The first kappa shape index (κ1) is 12.2. The molecule has 8 nitrogen and oxygen atoms in total. The molecule has 0 aromatic carbocycles. The van der Waals surface area contributed by atoms with Crippen LogP contribution in [0.1, 0.15) is 10.5 Å². The molecule has 18 heavy (non-hydrogen) atoms. The highest BCUT2D eigenvalue weighted by molar-refractivity contribution is 5.93. The second kappa shape index (κ2) is 5.41. The van der Waals surface area contributed by atoms with E-state index in [2.05, 4.69) is 15.1 Å². The predicted molar refractivity (Wildman–Crippen MR) is 61.1 cm³/mol. The van der Waals surface area contributed by atoms with Crippen molar-refractivity contribution >= 4 is 11.7 Å². The first-order valence-electron chi connectivity index (χ1n) is 5.36. The summed E-state index contributed by atoms with van der Waals surface area (Å²) in [4.78, 5) is 21.4. The topological polar surface area (TPSA) is 114 Å². The van der Waals surface area contributed by atoms with Crippen LogP contribution in [0, 0.1) is 0 Å². The molecule has 1 atom stereocenters. The van der Waals surface area contributed by atoms with Crippen molar-refractivity contribution < 1.29 is 14.7 Å². The summed E-state index contributed by atoms with van der Waals surface area (Å²) in [5.41, 5.74) is 5.72. The molecule has 2 rings (SSSR count). The third kappa shape index (κ3) is 2.54. The Kier molecular flexibility index (Phi) is 3.68. The summed E-state index contributed by atoms with van der Waals surface area (Å²) in [5, 5.41) is 11.5. The number of nitrogens with zero attached hydrogens (tertiary/aromatic N) is 4. The number of morpholine rings is 1. The van der Waals surface area contributed by atoms with Crippen molar-refractivity contribution in [3.63, 3.8) is 0 Å². The minimum absolute atomic E-state index is 0.0494. The molecule has 1 aliphatic heterocycles. The average molecular weight is 251 g/mol. The smallest absolute Gasteiger partial charge is 0.274 e. The molecule has 1 saturated heterocycles. The molecule has 0 bridgehead atoms. The van der Waals surface area contributed by atoms with Crippen LogP contribution in [-0.4, -0.2) is 57.6 Å². The number of aromatic nitrogens is 2. The van der Waals surface area contributed by atoms with Crippen LogP contribution in [0.15, 0.2) is 23.7 Å². The maximum Gasteiger partial charge on any atom is 0.274 e. The lowest BCUT2D eigenvalue weighted by atomic mass is 10.2. The second-order valence-corrected chi connectivity index (χ2v) is 3.73. The molecule has 0 aliphatic carbocycles. The van der Waals surface area contributed by atoms with Crippen LogP contribution in [-0.2, 0) is 4.74 Å². The maximum absolute atomic E-state index is 12.1. The number of amidine groups is 1. The van der Waals surface area contributed by atoms with Crippen LogP contribution in [0.5, 0.6) is 0 Å². The lowest BCUT2D eigenvalue weighted by Crippen LogP contribution is -2.50. The predicted octanol–water partition coefficient (Wildman–Crippen LogP) is -0.936. The first-order valence-corrected chi connectivity index (χ1v) is 5.36. The summed E-state index contributed by atoms with van der Waals surface area (Å²) < 4.78 is 5.30. The van der Waals surface area contributed by atoms with E-state index in [0.717, 1.165) is 0 Å². The minimum Gasteiger partial charge on any atom is -0.409 e. The fourth-order valence-electron chi connectivity index (χ4n) is 1.65. The molecular weight excluding hydrogens is 238 g/mol. The van der Waals surface area contributed by atoms with E-state index in [-0.39, 0.29) is 24.0 Å². The lowest BCUT2D eigenvalue weighted by Gasteiger charge is -2.31. The van der Waals surface area contributed by atoms with E-state index < -0.39 is 6.10 Å². The van der Waals surface area contributed by atoms with Crippen LogP contribution >= 0.6 is 0 Å². The normalized spacial score (nSPS) is 20.8. The largest absolute Gasteiger partial charge is 0.409 e. The van der Waals surface area contributed by atoms with Gasteiger partial charge in [-0.15, -0.1) is 0 Å². The van der Waals surface area contributed by atoms with Gasteiger partial charge in [-0.3, -0.25) is 9.78 Å². The molecule has 96 valence electrons. The molecule has 1 amide bonds. The molecule has 1 unspecified atom stereocenters. The summed E-state index contributed by atoms with van der Waals surface area (Å²) >= 11 is 0. The van der Waals surface area contributed by atoms with Gasteiger partial charge in [0.2, 0.25) is 0 Å². The summed E-state index contributed by atoms with van der Waals surface area (Å²) in [6.45, 7) is 0.989. The number of carbonyl (C=O) groups is 1. The van der Waals surface area contributed by atoms with Crippen LogP contribution < -0.4 is 5.73 Å². The van der Waals surface area contributed by atoms with Gasteiger partial charge >= 0.3 is 0 Å². The van der Waals surface area contributed by atoms with Gasteiger partial charge in [-0.05, 0) is 0 Å². The van der Waals surface area contributed by atoms with E-state index in [0.29, 0.717) is 13.2 Å². The van der Waals surface area contributed by atoms with Gasteiger partial charge in [-0.1, -0.05) is 5.16 Å². The molecule has 1 fully saturated rings. The fraction of sp³-hybridized carbons (Fsp3) is 0.400. The molecule has 1 aromatic rings. The Bertz CT molecular complexity index is 450. The molecule has 8 heteroatoms.